The Balaban J connectivity index is 1.47. The lowest BCUT2D eigenvalue weighted by molar-refractivity contribution is -0.137. The van der Waals surface area contributed by atoms with Gasteiger partial charge in [0.15, 0.2) is 11.5 Å². The van der Waals surface area contributed by atoms with Gasteiger partial charge >= 0.3 is 6.18 Å². The van der Waals surface area contributed by atoms with Crippen molar-refractivity contribution in [3.8, 4) is 10.7 Å². The van der Waals surface area contributed by atoms with E-state index in [4.69, 9.17) is 11.6 Å². The smallest absolute Gasteiger partial charge is 0.324 e. The summed E-state index contributed by atoms with van der Waals surface area (Å²) in [6, 6.07) is 9.97. The Morgan fingerprint density at radius 1 is 1.20 bits per heavy atom. The predicted octanol–water partition coefficient (Wildman–Crippen LogP) is 5.26. The maximum absolute atomic E-state index is 12.9. The predicted molar refractivity (Wildman–Crippen MR) is 110 cm³/mol. The molecule has 154 valence electrons. The second kappa shape index (κ2) is 8.25. The van der Waals surface area contributed by atoms with Gasteiger partial charge in [-0.25, -0.2) is 0 Å². The largest absolute Gasteiger partial charge is 0.416 e. The lowest BCUT2D eigenvalue weighted by Crippen LogP contribution is -2.15. The van der Waals surface area contributed by atoms with Crippen LogP contribution in [-0.4, -0.2) is 31.5 Å². The number of rotatable bonds is 5. The first-order valence-corrected chi connectivity index (χ1v) is 10.6. The van der Waals surface area contributed by atoms with Gasteiger partial charge in [0.05, 0.1) is 26.9 Å². The van der Waals surface area contributed by atoms with E-state index in [1.165, 1.54) is 11.3 Å². The number of thiophene rings is 1. The third-order valence-corrected chi connectivity index (χ3v) is 6.01. The van der Waals surface area contributed by atoms with Gasteiger partial charge in [-0.15, -0.1) is 21.5 Å². The molecule has 0 radical (unpaired) electrons. The summed E-state index contributed by atoms with van der Waals surface area (Å²) >= 11 is 8.53. The molecule has 30 heavy (non-hydrogen) atoms. The average molecular weight is 470 g/mol. The number of hydrogen-bond donors (Lipinski definition) is 1. The standard InChI is InChI=1S/C18H11ClF3N5OS2/c19-11-4-3-10(18(20,21)22)8-12(11)23-15(28)9-30-16-6-5-14-24-25-17(27(14)26-16)13-2-1-7-29-13/h1-8H,9H2,(H,23,28). The fraction of sp³-hybridized carbons (Fsp3) is 0.111. The van der Waals surface area contributed by atoms with Crippen molar-refractivity contribution < 1.29 is 18.0 Å². The van der Waals surface area contributed by atoms with Gasteiger partial charge in [-0.3, -0.25) is 4.79 Å². The van der Waals surface area contributed by atoms with Gasteiger partial charge in [0.1, 0.15) is 5.03 Å². The number of anilines is 1. The molecule has 0 bridgehead atoms. The maximum Gasteiger partial charge on any atom is 0.416 e. The van der Waals surface area contributed by atoms with Crippen LogP contribution < -0.4 is 5.32 Å². The van der Waals surface area contributed by atoms with Crippen molar-refractivity contribution in [1.82, 2.24) is 19.8 Å². The number of aromatic nitrogens is 4. The fourth-order valence-corrected chi connectivity index (χ4v) is 4.04. The molecule has 6 nitrogen and oxygen atoms in total. The summed E-state index contributed by atoms with van der Waals surface area (Å²) < 4.78 is 40.2. The summed E-state index contributed by atoms with van der Waals surface area (Å²) in [6.07, 6.45) is -4.53. The van der Waals surface area contributed by atoms with Gasteiger partial charge < -0.3 is 5.32 Å². The Morgan fingerprint density at radius 2 is 2.03 bits per heavy atom. The highest BCUT2D eigenvalue weighted by Gasteiger charge is 2.31. The molecule has 1 aromatic carbocycles. The number of carbonyl (C=O) groups excluding carboxylic acids is 1. The van der Waals surface area contributed by atoms with Gasteiger partial charge in [0.2, 0.25) is 5.91 Å². The SMILES string of the molecule is O=C(CSc1ccc2nnc(-c3cccs3)n2n1)Nc1cc(C(F)(F)F)ccc1Cl. The van der Waals surface area contributed by atoms with Crippen LogP contribution in [0.3, 0.4) is 0 Å². The minimum absolute atomic E-state index is 0.0194. The van der Waals surface area contributed by atoms with Gasteiger partial charge in [0.25, 0.3) is 0 Å². The highest BCUT2D eigenvalue weighted by molar-refractivity contribution is 7.99. The third-order valence-electron chi connectivity index (χ3n) is 3.90. The summed E-state index contributed by atoms with van der Waals surface area (Å²) in [5, 5.41) is 17.5. The van der Waals surface area contributed by atoms with E-state index in [2.05, 4.69) is 20.6 Å². The van der Waals surface area contributed by atoms with E-state index >= 15 is 0 Å². The van der Waals surface area contributed by atoms with E-state index < -0.39 is 17.6 Å². The molecule has 4 aromatic rings. The lowest BCUT2D eigenvalue weighted by atomic mass is 10.2. The van der Waals surface area contributed by atoms with Crippen LogP contribution in [0.15, 0.2) is 52.9 Å². The highest BCUT2D eigenvalue weighted by Crippen LogP contribution is 2.34. The van der Waals surface area contributed by atoms with Crippen LogP contribution in [0.2, 0.25) is 5.02 Å². The van der Waals surface area contributed by atoms with Crippen LogP contribution in [0.5, 0.6) is 0 Å². The molecule has 0 fully saturated rings. The Kier molecular flexibility index (Phi) is 5.67. The number of nitrogens with one attached hydrogen (secondary N) is 1. The number of alkyl halides is 3. The van der Waals surface area contributed by atoms with Crippen LogP contribution >= 0.6 is 34.7 Å². The summed E-state index contributed by atoms with van der Waals surface area (Å²) in [4.78, 5) is 13.1. The first-order valence-electron chi connectivity index (χ1n) is 8.37. The maximum atomic E-state index is 12.9. The van der Waals surface area contributed by atoms with Crippen LogP contribution in [-0.2, 0) is 11.0 Å². The van der Waals surface area contributed by atoms with E-state index in [0.717, 1.165) is 34.8 Å². The number of amides is 1. The van der Waals surface area contributed by atoms with Crippen molar-refractivity contribution in [3.05, 3.63) is 58.4 Å². The van der Waals surface area contributed by atoms with E-state index in [1.54, 1.807) is 16.6 Å². The molecule has 0 saturated carbocycles. The molecule has 0 atom stereocenters. The Morgan fingerprint density at radius 3 is 2.77 bits per heavy atom. The molecular formula is C18H11ClF3N5OS2. The minimum Gasteiger partial charge on any atom is -0.324 e. The second-order valence-electron chi connectivity index (χ2n) is 5.97. The molecule has 0 aliphatic heterocycles. The molecule has 3 heterocycles. The van der Waals surface area contributed by atoms with Crippen LogP contribution in [0.4, 0.5) is 18.9 Å². The van der Waals surface area contributed by atoms with Crippen molar-refractivity contribution in [3.63, 3.8) is 0 Å². The molecule has 0 aliphatic carbocycles. The Labute approximate surface area is 181 Å². The monoisotopic (exact) mass is 469 g/mol. The molecule has 4 rings (SSSR count). The van der Waals surface area contributed by atoms with E-state index in [1.807, 2.05) is 17.5 Å². The van der Waals surface area contributed by atoms with Crippen molar-refractivity contribution in [2.45, 2.75) is 11.2 Å². The first kappa shape index (κ1) is 20.6. The minimum atomic E-state index is -4.53. The number of benzene rings is 1. The Bertz CT molecular complexity index is 1210. The highest BCUT2D eigenvalue weighted by atomic mass is 35.5. The van der Waals surface area contributed by atoms with Crippen molar-refractivity contribution in [1.29, 1.82) is 0 Å². The van der Waals surface area contributed by atoms with Crippen molar-refractivity contribution >= 4 is 51.9 Å². The number of hydrogen-bond acceptors (Lipinski definition) is 6. The van der Waals surface area contributed by atoms with Crippen molar-refractivity contribution in [2.24, 2.45) is 0 Å². The van der Waals surface area contributed by atoms with Crippen molar-refractivity contribution in [2.75, 3.05) is 11.1 Å². The summed E-state index contributed by atoms with van der Waals surface area (Å²) in [6.45, 7) is 0. The number of carbonyl (C=O) groups is 1. The number of halogens is 4. The second-order valence-corrected chi connectivity index (χ2v) is 8.32. The van der Waals surface area contributed by atoms with Gasteiger partial charge in [0, 0.05) is 0 Å². The molecular weight excluding hydrogens is 459 g/mol. The summed E-state index contributed by atoms with van der Waals surface area (Å²) in [5.41, 5.74) is -0.432. The molecule has 0 spiro atoms. The molecule has 0 unspecified atom stereocenters. The normalized spacial score (nSPS) is 11.7. The van der Waals surface area contributed by atoms with Crippen LogP contribution in [0.1, 0.15) is 5.56 Å². The van der Waals surface area contributed by atoms with Crippen LogP contribution in [0, 0.1) is 0 Å². The van der Waals surface area contributed by atoms with Gasteiger partial charge in [-0.2, -0.15) is 22.8 Å². The zero-order chi connectivity index (χ0) is 21.3. The lowest BCUT2D eigenvalue weighted by Gasteiger charge is -2.11. The van der Waals surface area contributed by atoms with E-state index in [-0.39, 0.29) is 16.5 Å². The number of nitrogens with zero attached hydrogens (tertiary/aromatic N) is 4. The fourth-order valence-electron chi connectivity index (χ4n) is 2.53. The molecule has 12 heteroatoms. The average Bonchev–Trinajstić information content (AvgIpc) is 3.36. The van der Waals surface area contributed by atoms with Gasteiger partial charge in [-0.05, 0) is 41.8 Å². The quantitative estimate of drug-likeness (QED) is 0.404. The molecule has 1 amide bonds. The first-order chi connectivity index (χ1) is 14.3. The van der Waals surface area contributed by atoms with E-state index in [9.17, 15) is 18.0 Å². The number of thioether (sulfide) groups is 1. The molecule has 3 aromatic heterocycles. The van der Waals surface area contributed by atoms with Crippen LogP contribution in [0.25, 0.3) is 16.3 Å². The Hall–Kier alpha value is -2.63. The molecule has 1 N–H and O–H groups in total. The zero-order valence-electron chi connectivity index (χ0n) is 14.9. The van der Waals surface area contributed by atoms with E-state index in [0.29, 0.717) is 16.5 Å². The third kappa shape index (κ3) is 4.42. The topological polar surface area (TPSA) is 72.2 Å². The summed E-state index contributed by atoms with van der Waals surface area (Å²) in [5.74, 6) is 0.00894. The number of fused-ring (bicyclic) bond motifs is 1. The molecule has 0 aliphatic rings. The summed E-state index contributed by atoms with van der Waals surface area (Å²) in [7, 11) is 0. The zero-order valence-corrected chi connectivity index (χ0v) is 17.2. The van der Waals surface area contributed by atoms with Gasteiger partial charge in [-0.1, -0.05) is 29.4 Å². The molecule has 0 saturated heterocycles.